The third kappa shape index (κ3) is 3.52. The van der Waals surface area contributed by atoms with E-state index in [0.717, 1.165) is 40.4 Å². The summed E-state index contributed by atoms with van der Waals surface area (Å²) in [5, 5.41) is 5.53. The molecular weight excluding hydrogens is 350 g/mol. The second-order valence-corrected chi connectivity index (χ2v) is 6.68. The number of nitrogens with one attached hydrogen (secondary N) is 1. The summed E-state index contributed by atoms with van der Waals surface area (Å²) in [6.45, 7) is 4.22. The molecule has 0 radical (unpaired) electrons. The van der Waals surface area contributed by atoms with Gasteiger partial charge in [-0.05, 0) is 29.7 Å². The molecule has 3 rings (SSSR count). The number of nitrogens with two attached hydrogens (primary N) is 1. The zero-order valence-electron chi connectivity index (χ0n) is 16.7. The van der Waals surface area contributed by atoms with Gasteiger partial charge in [-0.15, -0.1) is 0 Å². The van der Waals surface area contributed by atoms with E-state index in [1.165, 1.54) is 0 Å². The number of amidine groups is 1. The largest absolute Gasteiger partial charge is 0.463 e. The summed E-state index contributed by atoms with van der Waals surface area (Å²) < 4.78 is 5.44. The summed E-state index contributed by atoms with van der Waals surface area (Å²) in [6, 6.07) is 14.3. The lowest BCUT2D eigenvalue weighted by molar-refractivity contribution is -0.138. The summed E-state index contributed by atoms with van der Waals surface area (Å²) in [6.07, 6.45) is 3.17. The van der Waals surface area contributed by atoms with Crippen LogP contribution in [0.25, 0.3) is 10.8 Å². The van der Waals surface area contributed by atoms with Crippen LogP contribution in [0.3, 0.4) is 0 Å². The van der Waals surface area contributed by atoms with Crippen LogP contribution in [0.1, 0.15) is 38.2 Å². The van der Waals surface area contributed by atoms with E-state index in [1.807, 2.05) is 25.1 Å². The molecule has 2 aromatic rings. The number of nitrogens with zero attached hydrogens (tertiary/aromatic N) is 1. The topological polar surface area (TPSA) is 76.7 Å². The van der Waals surface area contributed by atoms with Gasteiger partial charge in [-0.2, -0.15) is 0 Å². The Kier molecular flexibility index (Phi) is 6.14. The molecular formula is C23H27N3O2. The molecule has 3 N–H and O–H groups in total. The van der Waals surface area contributed by atoms with E-state index in [1.54, 1.807) is 13.2 Å². The summed E-state index contributed by atoms with van der Waals surface area (Å²) in [5.41, 5.74) is 9.31. The standard InChI is InChI=1S/C23H27N3O2/c1-4-9-19-21(23(27)28-5-2)20(18(14-24)22(25-3)26-19)17-13-8-11-15-10-6-7-12-16(15)17/h6-8,10-14,20H,4-5,9,24H2,1-3H3,(H,25,26). The van der Waals surface area contributed by atoms with Gasteiger partial charge in [0.15, 0.2) is 0 Å². The normalized spacial score (nSPS) is 19.9. The number of hydrogen-bond acceptors (Lipinski definition) is 4. The third-order valence-electron chi connectivity index (χ3n) is 5.00. The molecule has 0 saturated carbocycles. The Morgan fingerprint density at radius 2 is 1.96 bits per heavy atom. The second-order valence-electron chi connectivity index (χ2n) is 6.68. The Labute approximate surface area is 166 Å². The van der Waals surface area contributed by atoms with Crippen molar-refractivity contribution < 1.29 is 9.53 Å². The SMILES string of the molecule is CCCC1=C(C(=O)OCC)C(c2cccc3ccccc23)C(=CN)C(=NC)N1. The number of carbonyl (C=O) groups excluding carboxylic acids is 1. The quantitative estimate of drug-likeness (QED) is 0.772. The molecule has 1 aliphatic heterocycles. The highest BCUT2D eigenvalue weighted by Crippen LogP contribution is 2.41. The average molecular weight is 377 g/mol. The lowest BCUT2D eigenvalue weighted by atomic mass is 9.78. The summed E-state index contributed by atoms with van der Waals surface area (Å²) in [7, 11) is 1.73. The van der Waals surface area contributed by atoms with Crippen LogP contribution in [-0.4, -0.2) is 25.5 Å². The van der Waals surface area contributed by atoms with Crippen molar-refractivity contribution in [1.82, 2.24) is 5.32 Å². The average Bonchev–Trinajstić information content (AvgIpc) is 2.72. The van der Waals surface area contributed by atoms with Gasteiger partial charge < -0.3 is 15.8 Å². The Morgan fingerprint density at radius 1 is 1.21 bits per heavy atom. The van der Waals surface area contributed by atoms with Crippen molar-refractivity contribution in [3.8, 4) is 0 Å². The molecule has 0 fully saturated rings. The Balaban J connectivity index is 2.33. The number of hydrogen-bond donors (Lipinski definition) is 2. The zero-order chi connectivity index (χ0) is 20.1. The summed E-state index contributed by atoms with van der Waals surface area (Å²) in [4.78, 5) is 17.4. The van der Waals surface area contributed by atoms with E-state index < -0.39 is 0 Å². The number of benzene rings is 2. The highest BCUT2D eigenvalue weighted by atomic mass is 16.5. The van der Waals surface area contributed by atoms with Crippen LogP contribution in [0, 0.1) is 0 Å². The number of fused-ring (bicyclic) bond motifs is 1. The van der Waals surface area contributed by atoms with Crippen molar-refractivity contribution in [2.75, 3.05) is 13.7 Å². The summed E-state index contributed by atoms with van der Waals surface area (Å²) >= 11 is 0. The van der Waals surface area contributed by atoms with E-state index in [2.05, 4.69) is 41.5 Å². The molecule has 1 unspecified atom stereocenters. The van der Waals surface area contributed by atoms with Gasteiger partial charge in [-0.3, -0.25) is 4.99 Å². The lowest BCUT2D eigenvalue weighted by Gasteiger charge is -2.32. The molecule has 5 nitrogen and oxygen atoms in total. The molecule has 0 spiro atoms. The number of aliphatic imine (C=N–C) groups is 1. The molecule has 0 bridgehead atoms. The predicted molar refractivity (Wildman–Crippen MR) is 114 cm³/mol. The lowest BCUT2D eigenvalue weighted by Crippen LogP contribution is -2.38. The minimum atomic E-state index is -0.336. The number of ether oxygens (including phenoxy) is 1. The fourth-order valence-corrected chi connectivity index (χ4v) is 3.83. The highest BCUT2D eigenvalue weighted by Gasteiger charge is 2.37. The molecule has 28 heavy (non-hydrogen) atoms. The number of carbonyl (C=O) groups is 1. The van der Waals surface area contributed by atoms with Gasteiger partial charge in [-0.1, -0.05) is 55.8 Å². The first-order valence-electron chi connectivity index (χ1n) is 9.69. The predicted octanol–water partition coefficient (Wildman–Crippen LogP) is 4.01. The van der Waals surface area contributed by atoms with Crippen LogP contribution < -0.4 is 11.1 Å². The van der Waals surface area contributed by atoms with Gasteiger partial charge in [0, 0.05) is 30.4 Å². The molecule has 0 aromatic heterocycles. The van der Waals surface area contributed by atoms with Crippen molar-refractivity contribution in [3.05, 3.63) is 71.1 Å². The molecule has 146 valence electrons. The van der Waals surface area contributed by atoms with Crippen molar-refractivity contribution >= 4 is 22.6 Å². The van der Waals surface area contributed by atoms with Crippen molar-refractivity contribution in [2.45, 2.75) is 32.6 Å². The molecule has 1 atom stereocenters. The maximum atomic E-state index is 13.0. The molecule has 1 heterocycles. The number of esters is 1. The first-order valence-corrected chi connectivity index (χ1v) is 9.69. The van der Waals surface area contributed by atoms with Crippen LogP contribution in [-0.2, 0) is 9.53 Å². The molecule has 2 aromatic carbocycles. The molecule has 0 saturated heterocycles. The highest BCUT2D eigenvalue weighted by molar-refractivity contribution is 6.08. The minimum Gasteiger partial charge on any atom is -0.463 e. The van der Waals surface area contributed by atoms with Crippen LogP contribution >= 0.6 is 0 Å². The number of rotatable bonds is 5. The van der Waals surface area contributed by atoms with E-state index in [-0.39, 0.29) is 11.9 Å². The van der Waals surface area contributed by atoms with Crippen molar-refractivity contribution in [3.63, 3.8) is 0 Å². The van der Waals surface area contributed by atoms with E-state index >= 15 is 0 Å². The second kappa shape index (κ2) is 8.74. The third-order valence-corrected chi connectivity index (χ3v) is 5.00. The van der Waals surface area contributed by atoms with Gasteiger partial charge in [0.1, 0.15) is 5.84 Å². The fourth-order valence-electron chi connectivity index (χ4n) is 3.83. The van der Waals surface area contributed by atoms with Crippen LogP contribution in [0.5, 0.6) is 0 Å². The molecule has 0 aliphatic carbocycles. The van der Waals surface area contributed by atoms with Gasteiger partial charge in [0.05, 0.1) is 12.2 Å². The van der Waals surface area contributed by atoms with Crippen LogP contribution in [0.15, 0.2) is 70.5 Å². The monoisotopic (exact) mass is 377 g/mol. The van der Waals surface area contributed by atoms with Crippen molar-refractivity contribution in [2.24, 2.45) is 10.7 Å². The Morgan fingerprint density at radius 3 is 2.64 bits per heavy atom. The molecule has 0 amide bonds. The van der Waals surface area contributed by atoms with Gasteiger partial charge >= 0.3 is 5.97 Å². The smallest absolute Gasteiger partial charge is 0.336 e. The maximum absolute atomic E-state index is 13.0. The van der Waals surface area contributed by atoms with Crippen LogP contribution in [0.2, 0.25) is 0 Å². The fraction of sp³-hybridized carbons (Fsp3) is 0.304. The van der Waals surface area contributed by atoms with E-state index in [9.17, 15) is 4.79 Å². The zero-order valence-corrected chi connectivity index (χ0v) is 16.7. The van der Waals surface area contributed by atoms with Gasteiger partial charge in [0.25, 0.3) is 0 Å². The first kappa shape index (κ1) is 19.7. The van der Waals surface area contributed by atoms with Crippen molar-refractivity contribution in [1.29, 1.82) is 0 Å². The summed E-state index contributed by atoms with van der Waals surface area (Å²) in [5.74, 6) is 0.0412. The van der Waals surface area contributed by atoms with Crippen LogP contribution in [0.4, 0.5) is 0 Å². The van der Waals surface area contributed by atoms with E-state index in [0.29, 0.717) is 18.0 Å². The first-order chi connectivity index (χ1) is 13.7. The van der Waals surface area contributed by atoms with Gasteiger partial charge in [-0.25, -0.2) is 4.79 Å². The van der Waals surface area contributed by atoms with Gasteiger partial charge in [0.2, 0.25) is 0 Å². The van der Waals surface area contributed by atoms with E-state index in [4.69, 9.17) is 10.5 Å². The minimum absolute atomic E-state index is 0.314. The maximum Gasteiger partial charge on any atom is 0.336 e. The molecule has 5 heteroatoms. The number of allylic oxidation sites excluding steroid dienone is 1. The Bertz CT molecular complexity index is 967. The molecule has 1 aliphatic rings. The Hall–Kier alpha value is -3.08.